The number of hydrogen-bond acceptors (Lipinski definition) is 4. The highest BCUT2D eigenvalue weighted by molar-refractivity contribution is 6.02. The maximum atomic E-state index is 12.1. The van der Waals surface area contributed by atoms with Gasteiger partial charge in [-0.2, -0.15) is 5.26 Å². The molecule has 0 aromatic carbocycles. The summed E-state index contributed by atoms with van der Waals surface area (Å²) in [6.07, 6.45) is 8.05. The molecule has 4 nitrogen and oxygen atoms in total. The molecule has 1 aliphatic carbocycles. The highest BCUT2D eigenvalue weighted by Crippen LogP contribution is 2.44. The van der Waals surface area contributed by atoms with Gasteiger partial charge in [0.2, 0.25) is 0 Å². The quantitative estimate of drug-likeness (QED) is 0.545. The molecule has 108 valence electrons. The van der Waals surface area contributed by atoms with Crippen molar-refractivity contribution in [2.45, 2.75) is 45.1 Å². The number of esters is 1. The van der Waals surface area contributed by atoms with Gasteiger partial charge in [0, 0.05) is 11.6 Å². The third-order valence-electron chi connectivity index (χ3n) is 4.68. The van der Waals surface area contributed by atoms with Gasteiger partial charge in [0.1, 0.15) is 5.54 Å². The molecule has 0 radical (unpaired) electrons. The van der Waals surface area contributed by atoms with Gasteiger partial charge in [-0.15, -0.1) is 0 Å². The van der Waals surface area contributed by atoms with E-state index in [-0.39, 0.29) is 23.7 Å². The van der Waals surface area contributed by atoms with Crippen LogP contribution in [0.25, 0.3) is 0 Å². The number of fused-ring (bicyclic) bond motifs is 1. The highest BCUT2D eigenvalue weighted by atomic mass is 16.5. The van der Waals surface area contributed by atoms with Crippen LogP contribution in [0.3, 0.4) is 0 Å². The highest BCUT2D eigenvalue weighted by Gasteiger charge is 2.49. The number of allylic oxidation sites excluding steroid dienone is 2. The van der Waals surface area contributed by atoms with Crippen molar-refractivity contribution in [3.05, 3.63) is 12.2 Å². The molecule has 0 saturated carbocycles. The van der Waals surface area contributed by atoms with E-state index < -0.39 is 5.54 Å². The zero-order valence-corrected chi connectivity index (χ0v) is 12.4. The second-order valence-electron chi connectivity index (χ2n) is 5.91. The molecule has 0 N–H and O–H groups in total. The summed E-state index contributed by atoms with van der Waals surface area (Å²) in [6, 6.07) is 2.37. The zero-order valence-electron chi connectivity index (χ0n) is 12.4. The van der Waals surface area contributed by atoms with Gasteiger partial charge in [-0.3, -0.25) is 9.79 Å². The molecule has 4 heteroatoms. The summed E-state index contributed by atoms with van der Waals surface area (Å²) in [5.74, 6) is -0.247. The lowest BCUT2D eigenvalue weighted by Gasteiger charge is -2.43. The first kappa shape index (κ1) is 14.8. The number of ether oxygens (including phenoxy) is 1. The standard InChI is InChI=1S/C16H22N2O2/c1-11-14(15(19)20-3)12-8-6-4-5-7-9-13(12)16(2,10-17)18-11/h4-5,12-14H,6-9H2,1-3H3/b5-4-/t12-,13-,14?,16?/m1/s1. The smallest absolute Gasteiger partial charge is 0.314 e. The average molecular weight is 274 g/mol. The zero-order chi connectivity index (χ0) is 14.8. The van der Waals surface area contributed by atoms with Crippen molar-refractivity contribution in [1.82, 2.24) is 0 Å². The maximum Gasteiger partial charge on any atom is 0.314 e. The molecule has 2 rings (SSSR count). The van der Waals surface area contributed by atoms with Gasteiger partial charge < -0.3 is 4.74 Å². The van der Waals surface area contributed by atoms with E-state index in [1.54, 1.807) is 0 Å². The normalized spacial score (nSPS) is 38.5. The van der Waals surface area contributed by atoms with Crippen molar-refractivity contribution < 1.29 is 9.53 Å². The van der Waals surface area contributed by atoms with Gasteiger partial charge in [-0.05, 0) is 45.4 Å². The van der Waals surface area contributed by atoms with Crippen LogP contribution in [-0.2, 0) is 9.53 Å². The fourth-order valence-electron chi connectivity index (χ4n) is 3.72. The third-order valence-corrected chi connectivity index (χ3v) is 4.68. The number of hydrogen-bond donors (Lipinski definition) is 0. The average Bonchev–Trinajstić information content (AvgIpc) is 2.39. The molecular formula is C16H22N2O2. The van der Waals surface area contributed by atoms with Crippen LogP contribution in [0.5, 0.6) is 0 Å². The first-order valence-electron chi connectivity index (χ1n) is 7.24. The summed E-state index contributed by atoms with van der Waals surface area (Å²) in [5.41, 5.74) is 0.0245. The monoisotopic (exact) mass is 274 g/mol. The van der Waals surface area contributed by atoms with Crippen LogP contribution in [0.4, 0.5) is 0 Å². The lowest BCUT2D eigenvalue weighted by molar-refractivity contribution is -0.146. The molecule has 4 atom stereocenters. The van der Waals surface area contributed by atoms with E-state index >= 15 is 0 Å². The predicted octanol–water partition coefficient (Wildman–Crippen LogP) is 2.89. The SMILES string of the molecule is COC(=O)C1C(C)=NC(C)(C#N)[C@@H]2CC/C=C\CC[C@@H]12. The number of nitriles is 1. The number of carbonyl (C=O) groups excluding carboxylic acids is 1. The van der Waals surface area contributed by atoms with Gasteiger partial charge in [0.25, 0.3) is 0 Å². The molecule has 0 aromatic heterocycles. The fraction of sp³-hybridized carbons (Fsp3) is 0.688. The Morgan fingerprint density at radius 1 is 1.45 bits per heavy atom. The van der Waals surface area contributed by atoms with Gasteiger partial charge in [0.15, 0.2) is 0 Å². The van der Waals surface area contributed by atoms with Crippen molar-refractivity contribution >= 4 is 11.7 Å². The van der Waals surface area contributed by atoms with Crippen molar-refractivity contribution in [2.24, 2.45) is 22.7 Å². The molecule has 0 fully saturated rings. The lowest BCUT2D eigenvalue weighted by atomic mass is 9.64. The molecule has 0 amide bonds. The van der Waals surface area contributed by atoms with Gasteiger partial charge in [0.05, 0.1) is 19.1 Å². The summed E-state index contributed by atoms with van der Waals surface area (Å²) in [7, 11) is 1.42. The summed E-state index contributed by atoms with van der Waals surface area (Å²) >= 11 is 0. The third kappa shape index (κ3) is 2.49. The largest absolute Gasteiger partial charge is 0.469 e. The first-order valence-corrected chi connectivity index (χ1v) is 7.24. The van der Waals surface area contributed by atoms with E-state index in [0.717, 1.165) is 31.4 Å². The second-order valence-corrected chi connectivity index (χ2v) is 5.91. The van der Waals surface area contributed by atoms with E-state index in [1.807, 2.05) is 13.8 Å². The topological polar surface area (TPSA) is 62.4 Å². The molecule has 0 bridgehead atoms. The Hall–Kier alpha value is -1.63. The van der Waals surface area contributed by atoms with E-state index in [1.165, 1.54) is 7.11 Å². The van der Waals surface area contributed by atoms with Crippen molar-refractivity contribution in [3.8, 4) is 6.07 Å². The van der Waals surface area contributed by atoms with Crippen LogP contribution in [-0.4, -0.2) is 24.3 Å². The van der Waals surface area contributed by atoms with Crippen LogP contribution in [0.15, 0.2) is 17.1 Å². The Balaban J connectivity index is 2.45. The number of carbonyl (C=O) groups is 1. The number of methoxy groups -OCH3 is 1. The Morgan fingerprint density at radius 2 is 2.10 bits per heavy atom. The van der Waals surface area contributed by atoms with Crippen molar-refractivity contribution in [1.29, 1.82) is 5.26 Å². The summed E-state index contributed by atoms with van der Waals surface area (Å²) in [5, 5.41) is 9.56. The maximum absolute atomic E-state index is 12.1. The Kier molecular flexibility index (Phi) is 4.27. The summed E-state index contributed by atoms with van der Waals surface area (Å²) in [6.45, 7) is 3.75. The van der Waals surface area contributed by atoms with E-state index in [4.69, 9.17) is 4.74 Å². The Morgan fingerprint density at radius 3 is 2.70 bits per heavy atom. The minimum absolute atomic E-state index is 0.116. The first-order chi connectivity index (χ1) is 9.53. The lowest BCUT2D eigenvalue weighted by Crippen LogP contribution is -2.49. The molecule has 1 heterocycles. The molecule has 20 heavy (non-hydrogen) atoms. The Labute approximate surface area is 120 Å². The van der Waals surface area contributed by atoms with Gasteiger partial charge >= 0.3 is 5.97 Å². The number of aliphatic imine (C=N–C) groups is 1. The minimum Gasteiger partial charge on any atom is -0.469 e. The molecule has 0 saturated heterocycles. The molecule has 2 unspecified atom stereocenters. The Bertz CT molecular complexity index is 489. The minimum atomic E-state index is -0.718. The molecule has 0 spiro atoms. The van der Waals surface area contributed by atoms with Crippen LogP contribution in [0.1, 0.15) is 39.5 Å². The van der Waals surface area contributed by atoms with E-state index in [0.29, 0.717) is 0 Å². The van der Waals surface area contributed by atoms with Gasteiger partial charge in [-0.1, -0.05) is 12.2 Å². The number of nitrogens with zero attached hydrogens (tertiary/aromatic N) is 2. The van der Waals surface area contributed by atoms with Crippen LogP contribution < -0.4 is 0 Å². The molecule has 2 aliphatic rings. The second kappa shape index (κ2) is 5.78. The summed E-state index contributed by atoms with van der Waals surface area (Å²) < 4.78 is 4.96. The molecule has 0 aromatic rings. The predicted molar refractivity (Wildman–Crippen MR) is 77.2 cm³/mol. The number of rotatable bonds is 1. The van der Waals surface area contributed by atoms with E-state index in [2.05, 4.69) is 23.2 Å². The van der Waals surface area contributed by atoms with Crippen LogP contribution in [0.2, 0.25) is 0 Å². The molecular weight excluding hydrogens is 252 g/mol. The molecule has 1 aliphatic heterocycles. The fourth-order valence-corrected chi connectivity index (χ4v) is 3.72. The van der Waals surface area contributed by atoms with E-state index in [9.17, 15) is 10.1 Å². The van der Waals surface area contributed by atoms with Crippen LogP contribution in [0, 0.1) is 29.1 Å². The van der Waals surface area contributed by atoms with Crippen LogP contribution >= 0.6 is 0 Å². The van der Waals surface area contributed by atoms with Crippen molar-refractivity contribution in [2.75, 3.05) is 7.11 Å². The van der Waals surface area contributed by atoms with Gasteiger partial charge in [-0.25, -0.2) is 0 Å². The summed E-state index contributed by atoms with van der Waals surface area (Å²) in [4.78, 5) is 16.7. The van der Waals surface area contributed by atoms with Crippen molar-refractivity contribution in [3.63, 3.8) is 0 Å².